The highest BCUT2D eigenvalue weighted by atomic mass is 35.5. The zero-order valence-corrected chi connectivity index (χ0v) is 15.4. The smallest absolute Gasteiger partial charge is 0.273 e. The summed E-state index contributed by atoms with van der Waals surface area (Å²) in [5.41, 5.74) is 11.9. The molecule has 1 aromatic carbocycles. The van der Waals surface area contributed by atoms with E-state index in [1.807, 2.05) is 0 Å². The number of primary amides is 1. The highest BCUT2D eigenvalue weighted by molar-refractivity contribution is 6.32. The van der Waals surface area contributed by atoms with Gasteiger partial charge in [0.1, 0.15) is 5.75 Å². The second-order valence-electron chi connectivity index (χ2n) is 5.95. The number of anilines is 3. The predicted molar refractivity (Wildman–Crippen MR) is 100 cm³/mol. The van der Waals surface area contributed by atoms with Crippen LogP contribution in [-0.4, -0.2) is 53.5 Å². The van der Waals surface area contributed by atoms with E-state index in [9.17, 15) is 4.79 Å². The fourth-order valence-electron chi connectivity index (χ4n) is 2.62. The lowest BCUT2D eigenvalue weighted by Crippen LogP contribution is -2.48. The van der Waals surface area contributed by atoms with Crippen LogP contribution in [-0.2, 0) is 4.74 Å². The molecule has 0 spiro atoms. The first kappa shape index (κ1) is 19.1. The number of nitrogens with one attached hydrogen (secondary N) is 2. The van der Waals surface area contributed by atoms with Crippen molar-refractivity contribution in [2.24, 2.45) is 11.5 Å². The van der Waals surface area contributed by atoms with Crippen molar-refractivity contribution in [3.05, 3.63) is 28.9 Å². The SMILES string of the molecule is COc1cc(Nc2nc(N[C@@H]3CCOC[C@@H]3N)nnc2C(N)=O)ccc1Cl. The maximum absolute atomic E-state index is 11.7. The van der Waals surface area contributed by atoms with Gasteiger partial charge in [0.05, 0.1) is 18.7 Å². The Morgan fingerprint density at radius 2 is 2.22 bits per heavy atom. The molecule has 1 aliphatic heterocycles. The van der Waals surface area contributed by atoms with E-state index in [1.54, 1.807) is 18.2 Å². The Hall–Kier alpha value is -2.69. The van der Waals surface area contributed by atoms with Crippen molar-refractivity contribution in [1.29, 1.82) is 0 Å². The molecule has 10 nitrogen and oxygen atoms in total. The molecule has 1 aliphatic rings. The lowest BCUT2D eigenvalue weighted by atomic mass is 10.1. The average Bonchev–Trinajstić information content (AvgIpc) is 2.65. The van der Waals surface area contributed by atoms with Gasteiger partial charge in [0.25, 0.3) is 5.91 Å². The number of nitrogens with two attached hydrogens (primary N) is 2. The average molecular weight is 394 g/mol. The zero-order valence-electron chi connectivity index (χ0n) is 14.6. The van der Waals surface area contributed by atoms with E-state index in [4.69, 9.17) is 32.5 Å². The van der Waals surface area contributed by atoms with Crippen LogP contribution in [0.4, 0.5) is 17.5 Å². The van der Waals surface area contributed by atoms with Crippen LogP contribution in [0.3, 0.4) is 0 Å². The predicted octanol–water partition coefficient (Wildman–Crippen LogP) is 0.904. The topological polar surface area (TPSA) is 150 Å². The Morgan fingerprint density at radius 3 is 2.93 bits per heavy atom. The van der Waals surface area contributed by atoms with Crippen LogP contribution >= 0.6 is 11.6 Å². The number of aromatic nitrogens is 3. The van der Waals surface area contributed by atoms with E-state index in [0.717, 1.165) is 0 Å². The number of methoxy groups -OCH3 is 1. The third-order valence-electron chi connectivity index (χ3n) is 4.05. The fraction of sp³-hybridized carbons (Fsp3) is 0.375. The molecule has 11 heteroatoms. The molecule has 1 amide bonds. The first-order valence-corrected chi connectivity index (χ1v) is 8.60. The molecule has 0 saturated carbocycles. The summed E-state index contributed by atoms with van der Waals surface area (Å²) in [4.78, 5) is 16.0. The summed E-state index contributed by atoms with van der Waals surface area (Å²) in [5, 5.41) is 14.4. The minimum Gasteiger partial charge on any atom is -0.495 e. The largest absolute Gasteiger partial charge is 0.495 e. The zero-order chi connectivity index (χ0) is 19.4. The first-order valence-electron chi connectivity index (χ1n) is 8.23. The van der Waals surface area contributed by atoms with Crippen molar-refractivity contribution in [3.63, 3.8) is 0 Å². The van der Waals surface area contributed by atoms with E-state index < -0.39 is 5.91 Å². The first-order chi connectivity index (χ1) is 13.0. The van der Waals surface area contributed by atoms with Crippen molar-refractivity contribution in [1.82, 2.24) is 15.2 Å². The lowest BCUT2D eigenvalue weighted by molar-refractivity contribution is 0.0751. The minimum atomic E-state index is -0.757. The Kier molecular flexibility index (Phi) is 5.89. The highest BCUT2D eigenvalue weighted by Crippen LogP contribution is 2.29. The molecule has 3 rings (SSSR count). The van der Waals surface area contributed by atoms with E-state index in [1.165, 1.54) is 7.11 Å². The number of halogens is 1. The van der Waals surface area contributed by atoms with Crippen molar-refractivity contribution >= 4 is 35.0 Å². The van der Waals surface area contributed by atoms with Crippen LogP contribution in [0, 0.1) is 0 Å². The molecule has 6 N–H and O–H groups in total. The number of hydrogen-bond acceptors (Lipinski definition) is 9. The third kappa shape index (κ3) is 4.54. The van der Waals surface area contributed by atoms with Crippen molar-refractivity contribution in [3.8, 4) is 5.75 Å². The summed E-state index contributed by atoms with van der Waals surface area (Å²) in [6.45, 7) is 1.04. The van der Waals surface area contributed by atoms with Crippen molar-refractivity contribution in [2.75, 3.05) is 31.0 Å². The van der Waals surface area contributed by atoms with Gasteiger partial charge >= 0.3 is 0 Å². The molecule has 0 unspecified atom stereocenters. The summed E-state index contributed by atoms with van der Waals surface area (Å²) in [6.07, 6.45) is 0.708. The molecule has 1 fully saturated rings. The Morgan fingerprint density at radius 1 is 1.41 bits per heavy atom. The fourth-order valence-corrected chi connectivity index (χ4v) is 2.81. The molecular formula is C16H20ClN7O3. The molecular weight excluding hydrogens is 374 g/mol. The number of hydrogen-bond donors (Lipinski definition) is 4. The maximum Gasteiger partial charge on any atom is 0.273 e. The molecule has 2 aromatic rings. The van der Waals surface area contributed by atoms with Gasteiger partial charge in [-0.2, -0.15) is 4.98 Å². The molecule has 0 radical (unpaired) electrons. The molecule has 1 saturated heterocycles. The minimum absolute atomic E-state index is 0.0662. The molecule has 144 valence electrons. The van der Waals surface area contributed by atoms with Gasteiger partial charge in [-0.3, -0.25) is 4.79 Å². The van der Waals surface area contributed by atoms with E-state index >= 15 is 0 Å². The molecule has 0 bridgehead atoms. The van der Waals surface area contributed by atoms with E-state index in [2.05, 4.69) is 25.8 Å². The van der Waals surface area contributed by atoms with Crippen LogP contribution < -0.4 is 26.8 Å². The number of rotatable bonds is 6. The number of ether oxygens (including phenoxy) is 2. The normalized spacial score (nSPS) is 19.4. The van der Waals surface area contributed by atoms with Crippen LogP contribution in [0.1, 0.15) is 16.9 Å². The summed E-state index contributed by atoms with van der Waals surface area (Å²) >= 11 is 6.03. The second kappa shape index (κ2) is 8.33. The number of carbonyl (C=O) groups excluding carboxylic acids is 1. The van der Waals surface area contributed by atoms with Crippen LogP contribution in [0.5, 0.6) is 5.75 Å². The Bertz CT molecular complexity index is 836. The van der Waals surface area contributed by atoms with Crippen molar-refractivity contribution in [2.45, 2.75) is 18.5 Å². The molecule has 1 aromatic heterocycles. The van der Waals surface area contributed by atoms with Crippen LogP contribution in [0.25, 0.3) is 0 Å². The van der Waals surface area contributed by atoms with Gasteiger partial charge < -0.3 is 31.6 Å². The lowest BCUT2D eigenvalue weighted by Gasteiger charge is -2.29. The van der Waals surface area contributed by atoms with Gasteiger partial charge in [-0.1, -0.05) is 11.6 Å². The molecule has 2 heterocycles. The number of nitrogens with zero attached hydrogens (tertiary/aromatic N) is 3. The maximum atomic E-state index is 11.7. The Labute approximate surface area is 160 Å². The standard InChI is InChI=1S/C16H20ClN7O3/c1-26-12-6-8(2-3-9(12)17)20-15-13(14(19)25)23-24-16(22-15)21-11-4-5-27-7-10(11)18/h2-3,6,10-11H,4-5,7,18H2,1H3,(H2,19,25)(H2,20,21,22,24)/t10-,11+/m0/s1. The second-order valence-corrected chi connectivity index (χ2v) is 6.36. The highest BCUT2D eigenvalue weighted by Gasteiger charge is 2.24. The van der Waals surface area contributed by atoms with Gasteiger partial charge in [-0.05, 0) is 18.6 Å². The number of amides is 1. The van der Waals surface area contributed by atoms with E-state index in [0.29, 0.717) is 36.1 Å². The van der Waals surface area contributed by atoms with Gasteiger partial charge in [0, 0.05) is 30.4 Å². The number of carbonyl (C=O) groups is 1. The molecule has 0 aliphatic carbocycles. The summed E-state index contributed by atoms with van der Waals surface area (Å²) in [6, 6.07) is 4.76. The van der Waals surface area contributed by atoms with Crippen LogP contribution in [0.15, 0.2) is 18.2 Å². The van der Waals surface area contributed by atoms with Gasteiger partial charge in [0.2, 0.25) is 5.95 Å². The van der Waals surface area contributed by atoms with E-state index in [-0.39, 0.29) is 29.5 Å². The molecule has 2 atom stereocenters. The number of benzene rings is 1. The molecule has 27 heavy (non-hydrogen) atoms. The van der Waals surface area contributed by atoms with Gasteiger partial charge in [-0.25, -0.2) is 0 Å². The van der Waals surface area contributed by atoms with Gasteiger partial charge in [-0.15, -0.1) is 10.2 Å². The van der Waals surface area contributed by atoms with Crippen molar-refractivity contribution < 1.29 is 14.3 Å². The van der Waals surface area contributed by atoms with Gasteiger partial charge in [0.15, 0.2) is 11.5 Å². The van der Waals surface area contributed by atoms with Crippen LogP contribution in [0.2, 0.25) is 5.02 Å². The quantitative estimate of drug-likeness (QED) is 0.561. The third-order valence-corrected chi connectivity index (χ3v) is 4.36. The summed E-state index contributed by atoms with van der Waals surface area (Å²) in [5.74, 6) is 0.0966. The summed E-state index contributed by atoms with van der Waals surface area (Å²) < 4.78 is 10.5. The summed E-state index contributed by atoms with van der Waals surface area (Å²) in [7, 11) is 1.51. The monoisotopic (exact) mass is 393 g/mol. The Balaban J connectivity index is 1.86.